The van der Waals surface area contributed by atoms with E-state index < -0.39 is 5.97 Å². The molecule has 2 amide bonds. The van der Waals surface area contributed by atoms with E-state index in [1.807, 2.05) is 30.3 Å². The molecule has 2 fully saturated rings. The summed E-state index contributed by atoms with van der Waals surface area (Å²) in [6.07, 6.45) is 3.50. The Morgan fingerprint density at radius 3 is 2.00 bits per heavy atom. The number of likely N-dealkylation sites (tertiary alicyclic amines) is 1. The van der Waals surface area contributed by atoms with Crippen LogP contribution >= 0.6 is 0 Å². The molecule has 29 heavy (non-hydrogen) atoms. The number of ether oxygens (including phenoxy) is 2. The van der Waals surface area contributed by atoms with Gasteiger partial charge in [0.25, 0.3) is 0 Å². The summed E-state index contributed by atoms with van der Waals surface area (Å²) in [4.78, 5) is 38.3. The van der Waals surface area contributed by atoms with Crippen molar-refractivity contribution in [2.75, 3.05) is 6.54 Å². The first-order valence-electron chi connectivity index (χ1n) is 10.0. The molecule has 2 aliphatic rings. The number of hydrogen-bond acceptors (Lipinski definition) is 5. The van der Waals surface area contributed by atoms with Crippen molar-refractivity contribution < 1.29 is 23.9 Å². The Labute approximate surface area is 169 Å². The van der Waals surface area contributed by atoms with Crippen LogP contribution in [0.4, 0.5) is 0 Å². The molecule has 6 heteroatoms. The first kappa shape index (κ1) is 19.2. The average Bonchev–Trinajstić information content (AvgIpc) is 2.99. The monoisotopic (exact) mass is 393 g/mol. The zero-order chi connectivity index (χ0) is 20.2. The molecular weight excluding hydrogens is 370 g/mol. The zero-order valence-electron chi connectivity index (χ0n) is 16.1. The quantitative estimate of drug-likeness (QED) is 0.422. The third-order valence-electron chi connectivity index (χ3n) is 5.51. The van der Waals surface area contributed by atoms with Crippen LogP contribution < -0.4 is 9.47 Å². The van der Waals surface area contributed by atoms with Gasteiger partial charge < -0.3 is 9.47 Å². The van der Waals surface area contributed by atoms with Gasteiger partial charge in [-0.05, 0) is 49.2 Å². The van der Waals surface area contributed by atoms with Gasteiger partial charge in [0, 0.05) is 6.54 Å². The van der Waals surface area contributed by atoms with Gasteiger partial charge in [0.1, 0.15) is 17.2 Å². The van der Waals surface area contributed by atoms with Crippen molar-refractivity contribution in [2.24, 2.45) is 11.8 Å². The zero-order valence-corrected chi connectivity index (χ0v) is 16.1. The molecule has 2 aromatic rings. The van der Waals surface area contributed by atoms with Crippen molar-refractivity contribution in [3.05, 3.63) is 54.6 Å². The maximum Gasteiger partial charge on any atom is 0.312 e. The third kappa shape index (κ3) is 4.31. The Morgan fingerprint density at radius 2 is 1.38 bits per heavy atom. The van der Waals surface area contributed by atoms with Crippen LogP contribution in [-0.4, -0.2) is 29.2 Å². The van der Waals surface area contributed by atoms with Crippen molar-refractivity contribution in [1.82, 2.24) is 4.90 Å². The van der Waals surface area contributed by atoms with Crippen molar-refractivity contribution in [3.63, 3.8) is 0 Å². The van der Waals surface area contributed by atoms with Crippen LogP contribution in [0.2, 0.25) is 0 Å². The summed E-state index contributed by atoms with van der Waals surface area (Å²) in [5, 5.41) is 0. The number of carbonyl (C=O) groups excluding carboxylic acids is 3. The van der Waals surface area contributed by atoms with Gasteiger partial charge in [-0.1, -0.05) is 31.0 Å². The number of imide groups is 1. The average molecular weight is 393 g/mol. The number of fused-ring (bicyclic) bond motifs is 1. The van der Waals surface area contributed by atoms with Gasteiger partial charge in [-0.15, -0.1) is 0 Å². The molecule has 1 aliphatic heterocycles. The van der Waals surface area contributed by atoms with Gasteiger partial charge in [-0.3, -0.25) is 19.3 Å². The highest BCUT2D eigenvalue weighted by molar-refractivity contribution is 6.05. The molecule has 150 valence electrons. The number of para-hydroxylation sites is 1. The highest BCUT2D eigenvalue weighted by Crippen LogP contribution is 2.38. The Hall–Kier alpha value is -3.15. The summed E-state index contributed by atoms with van der Waals surface area (Å²) in [5.74, 6) is 0.628. The molecule has 0 unspecified atom stereocenters. The Bertz CT molecular complexity index is 869. The predicted molar refractivity (Wildman–Crippen MR) is 105 cm³/mol. The Balaban J connectivity index is 1.28. The fraction of sp³-hybridized carbons (Fsp3) is 0.348. The smallest absolute Gasteiger partial charge is 0.312 e. The lowest BCUT2D eigenvalue weighted by Gasteiger charge is -2.19. The number of benzene rings is 2. The summed E-state index contributed by atoms with van der Waals surface area (Å²) in [5.41, 5.74) is 0. The lowest BCUT2D eigenvalue weighted by molar-refractivity contribution is -0.141. The first-order chi connectivity index (χ1) is 14.1. The van der Waals surface area contributed by atoms with Crippen molar-refractivity contribution in [1.29, 1.82) is 0 Å². The summed E-state index contributed by atoms with van der Waals surface area (Å²) < 4.78 is 11.0. The molecule has 0 radical (unpaired) electrons. The van der Waals surface area contributed by atoms with E-state index in [2.05, 4.69) is 0 Å². The van der Waals surface area contributed by atoms with Crippen LogP contribution in [0.1, 0.15) is 32.1 Å². The van der Waals surface area contributed by atoms with E-state index in [0.717, 1.165) is 31.4 Å². The SMILES string of the molecule is O=C(CCN1C(=O)[C@H]2CCCC[C@H]2C1=O)Oc1ccc(Oc2ccccc2)cc1. The van der Waals surface area contributed by atoms with Crippen LogP contribution in [0.3, 0.4) is 0 Å². The second kappa shape index (κ2) is 8.47. The maximum atomic E-state index is 12.4. The van der Waals surface area contributed by atoms with Crippen molar-refractivity contribution >= 4 is 17.8 Å². The minimum atomic E-state index is -0.475. The van der Waals surface area contributed by atoms with E-state index in [1.54, 1.807) is 24.3 Å². The van der Waals surface area contributed by atoms with E-state index in [1.165, 1.54) is 4.90 Å². The standard InChI is InChI=1S/C23H23NO5/c25-21(14-15-24-22(26)19-8-4-5-9-20(19)23(24)27)29-18-12-10-17(11-13-18)28-16-6-2-1-3-7-16/h1-3,6-7,10-13,19-20H,4-5,8-9,14-15H2/t19-,20+. The molecule has 1 saturated carbocycles. The fourth-order valence-electron chi connectivity index (χ4n) is 4.04. The molecule has 1 saturated heterocycles. The highest BCUT2D eigenvalue weighted by atomic mass is 16.5. The summed E-state index contributed by atoms with van der Waals surface area (Å²) in [7, 11) is 0. The minimum absolute atomic E-state index is 0.0147. The van der Waals surface area contributed by atoms with Crippen molar-refractivity contribution in [3.8, 4) is 17.2 Å². The Kier molecular flexibility index (Phi) is 5.60. The lowest BCUT2D eigenvalue weighted by atomic mass is 9.81. The number of nitrogens with zero attached hydrogens (tertiary/aromatic N) is 1. The number of rotatable bonds is 6. The molecule has 2 aromatic carbocycles. The van der Waals surface area contributed by atoms with Gasteiger partial charge in [0.2, 0.25) is 11.8 Å². The van der Waals surface area contributed by atoms with Crippen LogP contribution in [0, 0.1) is 11.8 Å². The van der Waals surface area contributed by atoms with Crippen LogP contribution in [0.5, 0.6) is 17.2 Å². The molecule has 0 N–H and O–H groups in total. The number of esters is 1. The molecule has 0 spiro atoms. The molecule has 0 aromatic heterocycles. The predicted octanol–water partition coefficient (Wildman–Crippen LogP) is 3.95. The summed E-state index contributed by atoms with van der Waals surface area (Å²) in [6, 6.07) is 16.1. The molecule has 1 heterocycles. The molecule has 0 bridgehead atoms. The topological polar surface area (TPSA) is 72.9 Å². The third-order valence-corrected chi connectivity index (χ3v) is 5.51. The summed E-state index contributed by atoms with van der Waals surface area (Å²) >= 11 is 0. The second-order valence-electron chi connectivity index (χ2n) is 7.44. The highest BCUT2D eigenvalue weighted by Gasteiger charge is 2.47. The van der Waals surface area contributed by atoms with Gasteiger partial charge in [-0.2, -0.15) is 0 Å². The summed E-state index contributed by atoms with van der Waals surface area (Å²) in [6.45, 7) is 0.0820. The molecule has 4 rings (SSSR count). The molecule has 1 aliphatic carbocycles. The van der Waals surface area contributed by atoms with E-state index >= 15 is 0 Å². The van der Waals surface area contributed by atoms with Gasteiger partial charge in [-0.25, -0.2) is 0 Å². The number of hydrogen-bond donors (Lipinski definition) is 0. The van der Waals surface area contributed by atoms with Crippen molar-refractivity contribution in [2.45, 2.75) is 32.1 Å². The normalized spacial score (nSPS) is 21.0. The van der Waals surface area contributed by atoms with Crippen LogP contribution in [-0.2, 0) is 14.4 Å². The van der Waals surface area contributed by atoms with Crippen LogP contribution in [0.25, 0.3) is 0 Å². The van der Waals surface area contributed by atoms with E-state index in [-0.39, 0.29) is 36.6 Å². The Morgan fingerprint density at radius 1 is 0.828 bits per heavy atom. The maximum absolute atomic E-state index is 12.4. The van der Waals surface area contributed by atoms with Gasteiger partial charge in [0.15, 0.2) is 0 Å². The minimum Gasteiger partial charge on any atom is -0.457 e. The fourth-order valence-corrected chi connectivity index (χ4v) is 4.04. The van der Waals surface area contributed by atoms with E-state index in [9.17, 15) is 14.4 Å². The molecular formula is C23H23NO5. The molecule has 2 atom stereocenters. The van der Waals surface area contributed by atoms with Gasteiger partial charge >= 0.3 is 5.97 Å². The number of carbonyl (C=O) groups is 3. The van der Waals surface area contributed by atoms with E-state index in [4.69, 9.17) is 9.47 Å². The van der Waals surface area contributed by atoms with Crippen LogP contribution in [0.15, 0.2) is 54.6 Å². The lowest BCUT2D eigenvalue weighted by Crippen LogP contribution is -2.33. The van der Waals surface area contributed by atoms with E-state index in [0.29, 0.717) is 11.5 Å². The molecule has 6 nitrogen and oxygen atoms in total. The second-order valence-corrected chi connectivity index (χ2v) is 7.44. The number of amides is 2. The van der Waals surface area contributed by atoms with Gasteiger partial charge in [0.05, 0.1) is 18.3 Å². The first-order valence-corrected chi connectivity index (χ1v) is 10.0. The largest absolute Gasteiger partial charge is 0.457 e.